The maximum atomic E-state index is 13.4. The van der Waals surface area contributed by atoms with Gasteiger partial charge in [-0.1, -0.05) is 61.7 Å². The number of anilines is 1. The van der Waals surface area contributed by atoms with Crippen molar-refractivity contribution in [3.05, 3.63) is 83.9 Å². The molecule has 198 valence electrons. The lowest BCUT2D eigenvalue weighted by molar-refractivity contribution is -0.119. The van der Waals surface area contributed by atoms with E-state index in [1.807, 2.05) is 0 Å². The van der Waals surface area contributed by atoms with E-state index in [2.05, 4.69) is 10.6 Å². The number of sulfonamides is 1. The maximum absolute atomic E-state index is 13.4. The lowest BCUT2D eigenvalue weighted by atomic mass is 9.83. The third-order valence-electron chi connectivity index (χ3n) is 6.78. The van der Waals surface area contributed by atoms with E-state index in [1.54, 1.807) is 66.7 Å². The summed E-state index contributed by atoms with van der Waals surface area (Å²) in [5.41, 5.74) is 7.94. The number of nitrogen functional groups attached to an aromatic ring is 1. The van der Waals surface area contributed by atoms with Gasteiger partial charge in [-0.3, -0.25) is 15.0 Å². The highest BCUT2D eigenvalue weighted by molar-refractivity contribution is 7.89. The van der Waals surface area contributed by atoms with Gasteiger partial charge in [-0.2, -0.15) is 0 Å². The van der Waals surface area contributed by atoms with Crippen molar-refractivity contribution in [3.8, 4) is 11.1 Å². The first-order valence-electron chi connectivity index (χ1n) is 12.4. The molecule has 1 fully saturated rings. The van der Waals surface area contributed by atoms with E-state index in [9.17, 15) is 18.0 Å². The zero-order valence-electron chi connectivity index (χ0n) is 20.8. The Bertz CT molecular complexity index is 1450. The number of hydrogen-bond acceptors (Lipinski definition) is 5. The molecule has 1 atom stereocenters. The average Bonchev–Trinajstić information content (AvgIpc) is 2.91. The fraction of sp³-hybridized carbons (Fsp3) is 0.250. The van der Waals surface area contributed by atoms with Crippen LogP contribution in [0, 0.1) is 11.3 Å². The molecule has 38 heavy (non-hydrogen) atoms. The highest BCUT2D eigenvalue weighted by Crippen LogP contribution is 2.29. The van der Waals surface area contributed by atoms with Crippen LogP contribution in [0.5, 0.6) is 0 Å². The van der Waals surface area contributed by atoms with E-state index in [0.717, 1.165) is 32.1 Å². The molecule has 3 aromatic rings. The van der Waals surface area contributed by atoms with E-state index >= 15 is 0 Å². The lowest BCUT2D eigenvalue weighted by Crippen LogP contribution is -2.49. The summed E-state index contributed by atoms with van der Waals surface area (Å²) >= 11 is 0. The monoisotopic (exact) mass is 533 g/mol. The van der Waals surface area contributed by atoms with Crippen molar-refractivity contribution in [1.82, 2.24) is 5.32 Å². The zero-order valence-corrected chi connectivity index (χ0v) is 21.6. The van der Waals surface area contributed by atoms with Crippen molar-refractivity contribution in [1.29, 1.82) is 5.41 Å². The summed E-state index contributed by atoms with van der Waals surface area (Å²) in [7, 11) is -3.92. The van der Waals surface area contributed by atoms with Crippen molar-refractivity contribution in [2.45, 2.75) is 43.0 Å². The summed E-state index contributed by atoms with van der Waals surface area (Å²) in [6.45, 7) is 0. The van der Waals surface area contributed by atoms with Crippen LogP contribution >= 0.6 is 0 Å². The van der Waals surface area contributed by atoms with Gasteiger partial charge in [-0.15, -0.1) is 0 Å². The minimum atomic E-state index is -3.92. The Balaban J connectivity index is 1.54. The van der Waals surface area contributed by atoms with E-state index in [-0.39, 0.29) is 22.6 Å². The smallest absolute Gasteiger partial charge is 0.251 e. The third-order valence-corrected chi connectivity index (χ3v) is 7.75. The highest BCUT2D eigenvalue weighted by atomic mass is 32.2. The van der Waals surface area contributed by atoms with Gasteiger partial charge in [0.25, 0.3) is 5.91 Å². The molecule has 1 aliphatic rings. The van der Waals surface area contributed by atoms with Crippen molar-refractivity contribution in [2.75, 3.05) is 5.32 Å². The Morgan fingerprint density at radius 2 is 1.58 bits per heavy atom. The van der Waals surface area contributed by atoms with E-state index in [1.165, 1.54) is 6.07 Å². The topological polar surface area (TPSA) is 168 Å². The number of carbonyl (C=O) groups is 2. The van der Waals surface area contributed by atoms with E-state index in [0.29, 0.717) is 27.9 Å². The summed E-state index contributed by atoms with van der Waals surface area (Å²) in [5.74, 6) is -0.845. The highest BCUT2D eigenvalue weighted by Gasteiger charge is 2.31. The SMILES string of the molecule is N=C(N)c1cccc(NC(=O)C(NC(=O)c2ccc(-c3ccccc3S(N)(=O)=O)cc2)C2CCCCC2)c1. The minimum Gasteiger partial charge on any atom is -0.384 e. The van der Waals surface area contributed by atoms with Crippen molar-refractivity contribution in [3.63, 3.8) is 0 Å². The van der Waals surface area contributed by atoms with Crippen LogP contribution in [0.4, 0.5) is 5.69 Å². The summed E-state index contributed by atoms with van der Waals surface area (Å²) < 4.78 is 24.0. The summed E-state index contributed by atoms with van der Waals surface area (Å²) in [6, 6.07) is 18.9. The van der Waals surface area contributed by atoms with Gasteiger partial charge >= 0.3 is 0 Å². The van der Waals surface area contributed by atoms with E-state index in [4.69, 9.17) is 16.3 Å². The van der Waals surface area contributed by atoms with Crippen molar-refractivity contribution < 1.29 is 18.0 Å². The number of nitrogens with two attached hydrogens (primary N) is 2. The molecule has 0 heterocycles. The number of hydrogen-bond donors (Lipinski definition) is 5. The molecule has 1 aliphatic carbocycles. The molecule has 9 nitrogen and oxygen atoms in total. The quantitative estimate of drug-likeness (QED) is 0.220. The van der Waals surface area contributed by atoms with Crippen LogP contribution in [0.25, 0.3) is 11.1 Å². The maximum Gasteiger partial charge on any atom is 0.251 e. The molecule has 0 saturated heterocycles. The third kappa shape index (κ3) is 6.45. The van der Waals surface area contributed by atoms with Gasteiger partial charge in [-0.25, -0.2) is 13.6 Å². The molecule has 0 bridgehead atoms. The first-order chi connectivity index (χ1) is 18.1. The molecule has 3 aromatic carbocycles. The largest absolute Gasteiger partial charge is 0.384 e. The van der Waals surface area contributed by atoms with Gasteiger partial charge in [0.1, 0.15) is 11.9 Å². The molecule has 10 heteroatoms. The van der Waals surface area contributed by atoms with Gasteiger partial charge < -0.3 is 16.4 Å². The first-order valence-corrected chi connectivity index (χ1v) is 14.0. The molecule has 1 unspecified atom stereocenters. The van der Waals surface area contributed by atoms with Crippen LogP contribution < -0.4 is 21.5 Å². The second-order valence-corrected chi connectivity index (χ2v) is 11.0. The predicted molar refractivity (Wildman–Crippen MR) is 147 cm³/mol. The summed E-state index contributed by atoms with van der Waals surface area (Å²) in [5, 5.41) is 18.8. The molecule has 4 rings (SSSR count). The Labute approximate surface area is 222 Å². The Kier molecular flexibility index (Phi) is 8.23. The number of rotatable bonds is 8. The molecule has 0 radical (unpaired) electrons. The zero-order chi connectivity index (χ0) is 27.3. The standard InChI is InChI=1S/C28H31N5O4S/c29-26(30)21-9-6-10-22(17-21)32-28(35)25(19-7-2-1-3-8-19)33-27(34)20-15-13-18(14-16-20)23-11-4-5-12-24(23)38(31,36)37/h4-6,9-17,19,25H,1-3,7-8H2,(H3,29,30)(H,32,35)(H,33,34)(H2,31,36,37). The van der Waals surface area contributed by atoms with E-state index < -0.39 is 22.0 Å². The minimum absolute atomic E-state index is 0.0000718. The summed E-state index contributed by atoms with van der Waals surface area (Å²) in [4.78, 5) is 26.6. The van der Waals surface area contributed by atoms with Crippen LogP contribution in [0.3, 0.4) is 0 Å². The fourth-order valence-electron chi connectivity index (χ4n) is 4.83. The Hall–Kier alpha value is -4.02. The van der Waals surface area contributed by atoms with Gasteiger partial charge in [0.2, 0.25) is 15.9 Å². The number of carbonyl (C=O) groups excluding carboxylic acids is 2. The number of amides is 2. The molecule has 2 amide bonds. The van der Waals surface area contributed by atoms with Crippen LogP contribution in [-0.4, -0.2) is 32.1 Å². The first kappa shape index (κ1) is 27.0. The molecule has 7 N–H and O–H groups in total. The Morgan fingerprint density at radius 1 is 0.895 bits per heavy atom. The molecule has 1 saturated carbocycles. The second-order valence-electron chi connectivity index (χ2n) is 9.45. The van der Waals surface area contributed by atoms with Gasteiger partial charge in [0.15, 0.2) is 0 Å². The predicted octanol–water partition coefficient (Wildman–Crippen LogP) is 3.60. The Morgan fingerprint density at radius 3 is 2.24 bits per heavy atom. The number of primary sulfonamides is 1. The van der Waals surface area contributed by atoms with Crippen molar-refractivity contribution >= 4 is 33.4 Å². The number of benzene rings is 3. The van der Waals surface area contributed by atoms with Gasteiger partial charge in [0, 0.05) is 22.4 Å². The second kappa shape index (κ2) is 11.6. The molecule has 0 aromatic heterocycles. The average molecular weight is 534 g/mol. The fourth-order valence-corrected chi connectivity index (χ4v) is 5.59. The molecule has 0 aliphatic heterocycles. The number of nitrogens with one attached hydrogen (secondary N) is 3. The van der Waals surface area contributed by atoms with Crippen LogP contribution in [0.2, 0.25) is 0 Å². The van der Waals surface area contributed by atoms with Crippen LogP contribution in [0.1, 0.15) is 48.0 Å². The van der Waals surface area contributed by atoms with Crippen LogP contribution in [0.15, 0.2) is 77.7 Å². The molecular formula is C28H31N5O4S. The normalized spacial score (nSPS) is 14.9. The van der Waals surface area contributed by atoms with Gasteiger partial charge in [-0.05, 0) is 54.7 Å². The summed E-state index contributed by atoms with van der Waals surface area (Å²) in [6.07, 6.45) is 4.73. The van der Waals surface area contributed by atoms with Crippen LogP contribution in [-0.2, 0) is 14.8 Å². The molecular weight excluding hydrogens is 502 g/mol. The lowest BCUT2D eigenvalue weighted by Gasteiger charge is -2.30. The van der Waals surface area contributed by atoms with Crippen molar-refractivity contribution in [2.24, 2.45) is 16.8 Å². The molecule has 0 spiro atoms. The number of amidine groups is 1. The van der Waals surface area contributed by atoms with Gasteiger partial charge in [0.05, 0.1) is 4.90 Å².